The first-order chi connectivity index (χ1) is 15.9. The lowest BCUT2D eigenvalue weighted by Crippen LogP contribution is -2.31. The molecule has 9 heteroatoms. The lowest BCUT2D eigenvalue weighted by molar-refractivity contribution is -0.141. The number of nitrogens with zero attached hydrogens (tertiary/aromatic N) is 2. The molecule has 0 saturated carbocycles. The first-order valence-electron chi connectivity index (χ1n) is 10.3. The third-order valence-electron chi connectivity index (χ3n) is 5.28. The van der Waals surface area contributed by atoms with Crippen LogP contribution in [0.5, 0.6) is 11.5 Å². The maximum Gasteiger partial charge on any atom is 0.321 e. The standard InChI is InChI=1S/C24H22F2N2O4S/c1-31-23-10-21(26)20(25)9-19(23)17-2-4-18(5-3-17)32-14-16-8-15(11-27-12-16)13-28-22(24(29)30)6-7-33-28/h2-5,8-12,22H,6-7,13-14H2,1H3,(H,29,30). The highest BCUT2D eigenvalue weighted by Crippen LogP contribution is 2.33. The number of methoxy groups -OCH3 is 1. The topological polar surface area (TPSA) is 71.9 Å². The van der Waals surface area contributed by atoms with E-state index in [1.54, 1.807) is 36.7 Å². The van der Waals surface area contributed by atoms with E-state index < -0.39 is 23.6 Å². The highest BCUT2D eigenvalue weighted by molar-refractivity contribution is 7.97. The number of halogens is 2. The minimum atomic E-state index is -0.965. The number of rotatable bonds is 8. The van der Waals surface area contributed by atoms with Gasteiger partial charge in [-0.2, -0.15) is 0 Å². The van der Waals surface area contributed by atoms with E-state index in [9.17, 15) is 18.7 Å². The molecule has 2 heterocycles. The molecule has 0 spiro atoms. The Morgan fingerprint density at radius 1 is 1.15 bits per heavy atom. The van der Waals surface area contributed by atoms with E-state index in [1.165, 1.54) is 19.1 Å². The van der Waals surface area contributed by atoms with Gasteiger partial charge in [-0.1, -0.05) is 24.1 Å². The minimum Gasteiger partial charge on any atom is -0.496 e. The van der Waals surface area contributed by atoms with Crippen molar-refractivity contribution in [2.24, 2.45) is 0 Å². The number of carboxylic acid groups (broad SMARTS) is 1. The molecule has 0 radical (unpaired) electrons. The van der Waals surface area contributed by atoms with Crippen molar-refractivity contribution in [3.63, 3.8) is 0 Å². The van der Waals surface area contributed by atoms with E-state index in [2.05, 4.69) is 4.98 Å². The summed E-state index contributed by atoms with van der Waals surface area (Å²) >= 11 is 1.53. The number of carboxylic acids is 1. The van der Waals surface area contributed by atoms with Crippen molar-refractivity contribution in [3.05, 3.63) is 77.6 Å². The van der Waals surface area contributed by atoms with Crippen LogP contribution in [0.1, 0.15) is 17.5 Å². The molecular formula is C24H22F2N2O4S. The Bertz CT molecular complexity index is 1140. The molecule has 6 nitrogen and oxygen atoms in total. The van der Waals surface area contributed by atoms with Crippen LogP contribution in [-0.2, 0) is 17.9 Å². The third kappa shape index (κ3) is 5.43. The van der Waals surface area contributed by atoms with Crippen molar-refractivity contribution in [2.75, 3.05) is 12.9 Å². The third-order valence-corrected chi connectivity index (χ3v) is 6.42. The van der Waals surface area contributed by atoms with Gasteiger partial charge in [-0.05, 0) is 41.8 Å². The van der Waals surface area contributed by atoms with E-state index >= 15 is 0 Å². The summed E-state index contributed by atoms with van der Waals surface area (Å²) in [4.78, 5) is 15.6. The maximum absolute atomic E-state index is 13.7. The Hall–Kier alpha value is -3.17. The SMILES string of the molecule is COc1cc(F)c(F)cc1-c1ccc(OCc2cncc(CN3SCCC3C(=O)O)c2)cc1. The van der Waals surface area contributed by atoms with E-state index in [1.807, 2.05) is 10.4 Å². The largest absolute Gasteiger partial charge is 0.496 e. The van der Waals surface area contributed by atoms with Gasteiger partial charge in [0, 0.05) is 41.9 Å². The number of hydrogen-bond donors (Lipinski definition) is 1. The van der Waals surface area contributed by atoms with Crippen LogP contribution >= 0.6 is 11.9 Å². The second kappa shape index (κ2) is 10.2. The van der Waals surface area contributed by atoms with Gasteiger partial charge in [0.15, 0.2) is 11.6 Å². The highest BCUT2D eigenvalue weighted by Gasteiger charge is 2.31. The molecule has 0 amide bonds. The second-order valence-electron chi connectivity index (χ2n) is 7.53. The monoisotopic (exact) mass is 472 g/mol. The minimum absolute atomic E-state index is 0.242. The summed E-state index contributed by atoms with van der Waals surface area (Å²) in [6.45, 7) is 0.775. The predicted molar refractivity (Wildman–Crippen MR) is 121 cm³/mol. The average molecular weight is 473 g/mol. The summed E-state index contributed by atoms with van der Waals surface area (Å²) in [5.74, 6) is -1.08. The fourth-order valence-electron chi connectivity index (χ4n) is 3.63. The van der Waals surface area contributed by atoms with E-state index in [0.717, 1.165) is 29.0 Å². The lowest BCUT2D eigenvalue weighted by Gasteiger charge is -2.19. The number of aromatic nitrogens is 1. The summed E-state index contributed by atoms with van der Waals surface area (Å²) in [7, 11) is 1.40. The zero-order chi connectivity index (χ0) is 23.4. The first-order valence-corrected chi connectivity index (χ1v) is 11.2. The zero-order valence-electron chi connectivity index (χ0n) is 17.8. The Kier molecular flexibility index (Phi) is 7.10. The molecular weight excluding hydrogens is 450 g/mol. The second-order valence-corrected chi connectivity index (χ2v) is 8.67. The highest BCUT2D eigenvalue weighted by atomic mass is 32.2. The van der Waals surface area contributed by atoms with Crippen LogP contribution in [0.3, 0.4) is 0 Å². The van der Waals surface area contributed by atoms with Crippen molar-refractivity contribution in [2.45, 2.75) is 25.6 Å². The van der Waals surface area contributed by atoms with Crippen molar-refractivity contribution in [1.29, 1.82) is 0 Å². The summed E-state index contributed by atoms with van der Waals surface area (Å²) in [6.07, 6.45) is 4.06. The van der Waals surface area contributed by atoms with Crippen LogP contribution in [0.15, 0.2) is 54.9 Å². The van der Waals surface area contributed by atoms with Gasteiger partial charge in [0.05, 0.1) is 7.11 Å². The number of pyridine rings is 1. The summed E-state index contributed by atoms with van der Waals surface area (Å²) in [5.41, 5.74) is 2.88. The smallest absolute Gasteiger partial charge is 0.321 e. The number of hydrogen-bond acceptors (Lipinski definition) is 6. The molecule has 1 N–H and O–H groups in total. The normalized spacial score (nSPS) is 16.0. The molecule has 4 rings (SSSR count). The first kappa shape index (κ1) is 23.0. The van der Waals surface area contributed by atoms with Crippen molar-refractivity contribution in [3.8, 4) is 22.6 Å². The van der Waals surface area contributed by atoms with E-state index in [4.69, 9.17) is 9.47 Å². The Labute approximate surface area is 194 Å². The molecule has 1 aromatic heterocycles. The zero-order valence-corrected chi connectivity index (χ0v) is 18.6. The van der Waals surface area contributed by atoms with Gasteiger partial charge >= 0.3 is 5.97 Å². The average Bonchev–Trinajstić information content (AvgIpc) is 3.28. The Balaban J connectivity index is 1.41. The van der Waals surface area contributed by atoms with E-state index in [-0.39, 0.29) is 12.4 Å². The van der Waals surface area contributed by atoms with Crippen LogP contribution in [0.25, 0.3) is 11.1 Å². The molecule has 2 aromatic carbocycles. The molecule has 172 valence electrons. The fraction of sp³-hybridized carbons (Fsp3) is 0.250. The number of aliphatic carboxylic acids is 1. The van der Waals surface area contributed by atoms with Gasteiger partial charge in [-0.25, -0.2) is 13.1 Å². The molecule has 3 aromatic rings. The fourth-order valence-corrected chi connectivity index (χ4v) is 4.80. The molecule has 33 heavy (non-hydrogen) atoms. The molecule has 1 fully saturated rings. The van der Waals surface area contributed by atoms with Gasteiger partial charge in [-0.3, -0.25) is 9.78 Å². The van der Waals surface area contributed by atoms with Crippen LogP contribution in [0, 0.1) is 11.6 Å². The van der Waals surface area contributed by atoms with Crippen molar-refractivity contribution >= 4 is 17.9 Å². The van der Waals surface area contributed by atoms with Crippen molar-refractivity contribution < 1.29 is 28.2 Å². The number of ether oxygens (including phenoxy) is 2. The number of carbonyl (C=O) groups is 1. The van der Waals surface area contributed by atoms with Crippen LogP contribution in [-0.4, -0.2) is 39.3 Å². The van der Waals surface area contributed by atoms with Crippen molar-refractivity contribution in [1.82, 2.24) is 9.29 Å². The molecule has 0 aliphatic carbocycles. The number of benzene rings is 2. The van der Waals surface area contributed by atoms with Crippen LogP contribution in [0.4, 0.5) is 8.78 Å². The maximum atomic E-state index is 13.7. The van der Waals surface area contributed by atoms with Crippen LogP contribution in [0.2, 0.25) is 0 Å². The Morgan fingerprint density at radius 2 is 1.88 bits per heavy atom. The van der Waals surface area contributed by atoms with Gasteiger partial charge < -0.3 is 14.6 Å². The van der Waals surface area contributed by atoms with Gasteiger partial charge in [0.1, 0.15) is 24.1 Å². The van der Waals surface area contributed by atoms with Crippen LogP contribution < -0.4 is 9.47 Å². The quantitative estimate of drug-likeness (QED) is 0.467. The molecule has 1 aliphatic rings. The molecule has 0 bridgehead atoms. The lowest BCUT2D eigenvalue weighted by atomic mass is 10.0. The van der Waals surface area contributed by atoms with Gasteiger partial charge in [0.25, 0.3) is 0 Å². The predicted octanol–water partition coefficient (Wildman–Crippen LogP) is 4.92. The van der Waals surface area contributed by atoms with Gasteiger partial charge in [0.2, 0.25) is 0 Å². The van der Waals surface area contributed by atoms with Gasteiger partial charge in [-0.15, -0.1) is 0 Å². The molecule has 1 saturated heterocycles. The summed E-state index contributed by atoms with van der Waals surface area (Å²) in [5, 5.41) is 9.34. The Morgan fingerprint density at radius 3 is 2.61 bits per heavy atom. The summed E-state index contributed by atoms with van der Waals surface area (Å²) < 4.78 is 40.1. The molecule has 1 aliphatic heterocycles. The van der Waals surface area contributed by atoms with E-state index in [0.29, 0.717) is 29.8 Å². The summed E-state index contributed by atoms with van der Waals surface area (Å²) in [6, 6.07) is 10.6. The molecule has 1 unspecified atom stereocenters. The molecule has 1 atom stereocenters.